The molecular formula is C15H21BrN2. The molecule has 1 saturated heterocycles. The highest BCUT2D eigenvalue weighted by atomic mass is 79.9. The lowest BCUT2D eigenvalue weighted by Gasteiger charge is -2.32. The van der Waals surface area contributed by atoms with Gasteiger partial charge in [-0.1, -0.05) is 34.1 Å². The van der Waals surface area contributed by atoms with E-state index in [9.17, 15) is 0 Å². The fraction of sp³-hybridized carbons (Fsp3) is 0.600. The number of halogens is 1. The Labute approximate surface area is 118 Å². The van der Waals surface area contributed by atoms with Crippen LogP contribution in [-0.2, 0) is 6.54 Å². The maximum absolute atomic E-state index is 3.70. The van der Waals surface area contributed by atoms with Gasteiger partial charge in [0.2, 0.25) is 0 Å². The van der Waals surface area contributed by atoms with E-state index in [-0.39, 0.29) is 0 Å². The van der Waals surface area contributed by atoms with Gasteiger partial charge in [0.25, 0.3) is 0 Å². The molecule has 0 bridgehead atoms. The minimum atomic E-state index is 0.701. The molecule has 18 heavy (non-hydrogen) atoms. The molecule has 1 aliphatic heterocycles. The molecule has 2 nitrogen and oxygen atoms in total. The monoisotopic (exact) mass is 308 g/mol. The maximum Gasteiger partial charge on any atom is 0.0220 e. The topological polar surface area (TPSA) is 15.3 Å². The summed E-state index contributed by atoms with van der Waals surface area (Å²) >= 11 is 3.61. The Hall–Kier alpha value is -0.380. The van der Waals surface area contributed by atoms with Crippen LogP contribution in [-0.4, -0.2) is 30.1 Å². The molecular weight excluding hydrogens is 288 g/mol. The molecule has 2 fully saturated rings. The second kappa shape index (κ2) is 5.72. The molecule has 0 aromatic heterocycles. The number of rotatable bonds is 4. The largest absolute Gasteiger partial charge is 0.310 e. The highest BCUT2D eigenvalue weighted by Gasteiger charge is 2.31. The SMILES string of the molecule is Brc1ccccc1CNC1CCN(C2CC2)CC1. The Kier molecular flexibility index (Phi) is 4.02. The number of nitrogens with zero attached hydrogens (tertiary/aromatic N) is 1. The first-order chi connectivity index (χ1) is 8.83. The van der Waals surface area contributed by atoms with E-state index in [0.717, 1.165) is 12.6 Å². The summed E-state index contributed by atoms with van der Waals surface area (Å²) in [6, 6.07) is 10.1. The van der Waals surface area contributed by atoms with Gasteiger partial charge in [0.1, 0.15) is 0 Å². The standard InChI is InChI=1S/C15H21BrN2/c16-15-4-2-1-3-12(15)11-17-13-7-9-18(10-8-13)14-5-6-14/h1-4,13-14,17H,5-11H2. The average molecular weight is 309 g/mol. The first-order valence-electron chi connectivity index (χ1n) is 7.04. The van der Waals surface area contributed by atoms with Gasteiger partial charge >= 0.3 is 0 Å². The number of benzene rings is 1. The van der Waals surface area contributed by atoms with Crippen LogP contribution in [0.1, 0.15) is 31.2 Å². The van der Waals surface area contributed by atoms with Gasteiger partial charge in [0.05, 0.1) is 0 Å². The summed E-state index contributed by atoms with van der Waals surface area (Å²) in [6.07, 6.45) is 5.49. The van der Waals surface area contributed by atoms with Crippen molar-refractivity contribution in [1.82, 2.24) is 10.2 Å². The summed E-state index contributed by atoms with van der Waals surface area (Å²) in [5.74, 6) is 0. The molecule has 2 aliphatic rings. The molecule has 3 heteroatoms. The Morgan fingerprint density at radius 3 is 2.50 bits per heavy atom. The van der Waals surface area contributed by atoms with E-state index in [1.165, 1.54) is 48.8 Å². The number of hydrogen-bond acceptors (Lipinski definition) is 2. The van der Waals surface area contributed by atoms with Crippen molar-refractivity contribution in [3.05, 3.63) is 34.3 Å². The van der Waals surface area contributed by atoms with Crippen LogP contribution >= 0.6 is 15.9 Å². The van der Waals surface area contributed by atoms with E-state index < -0.39 is 0 Å². The summed E-state index contributed by atoms with van der Waals surface area (Å²) in [6.45, 7) is 3.56. The van der Waals surface area contributed by atoms with Gasteiger partial charge in [-0.3, -0.25) is 0 Å². The van der Waals surface area contributed by atoms with Crippen molar-refractivity contribution in [1.29, 1.82) is 0 Å². The molecule has 3 rings (SSSR count). The van der Waals surface area contributed by atoms with Crippen LogP contribution in [0, 0.1) is 0 Å². The van der Waals surface area contributed by atoms with Crippen molar-refractivity contribution in [3.63, 3.8) is 0 Å². The highest BCUT2D eigenvalue weighted by Crippen LogP contribution is 2.29. The van der Waals surface area contributed by atoms with E-state index in [1.54, 1.807) is 0 Å². The fourth-order valence-corrected chi connectivity index (χ4v) is 3.23. The molecule has 0 amide bonds. The molecule has 0 atom stereocenters. The van der Waals surface area contributed by atoms with Crippen molar-refractivity contribution in [3.8, 4) is 0 Å². The van der Waals surface area contributed by atoms with E-state index in [4.69, 9.17) is 0 Å². The second-order valence-electron chi connectivity index (χ2n) is 5.51. The van der Waals surface area contributed by atoms with Crippen molar-refractivity contribution in [2.75, 3.05) is 13.1 Å². The van der Waals surface area contributed by atoms with Crippen molar-refractivity contribution < 1.29 is 0 Å². The summed E-state index contributed by atoms with van der Waals surface area (Å²) in [5, 5.41) is 3.70. The molecule has 98 valence electrons. The summed E-state index contributed by atoms with van der Waals surface area (Å²) in [5.41, 5.74) is 1.36. The van der Waals surface area contributed by atoms with Crippen LogP contribution in [0.15, 0.2) is 28.7 Å². The molecule has 1 aliphatic carbocycles. The van der Waals surface area contributed by atoms with Crippen LogP contribution in [0.5, 0.6) is 0 Å². The van der Waals surface area contributed by atoms with Crippen LogP contribution in [0.25, 0.3) is 0 Å². The van der Waals surface area contributed by atoms with Crippen molar-refractivity contribution >= 4 is 15.9 Å². The minimum Gasteiger partial charge on any atom is -0.310 e. The number of hydrogen-bond donors (Lipinski definition) is 1. The van der Waals surface area contributed by atoms with Crippen molar-refractivity contribution in [2.24, 2.45) is 0 Å². The molecule has 1 saturated carbocycles. The van der Waals surface area contributed by atoms with Gasteiger partial charge in [0, 0.05) is 23.1 Å². The van der Waals surface area contributed by atoms with Crippen LogP contribution in [0.3, 0.4) is 0 Å². The molecule has 0 unspecified atom stereocenters. The quantitative estimate of drug-likeness (QED) is 0.919. The van der Waals surface area contributed by atoms with E-state index in [1.807, 2.05) is 0 Å². The van der Waals surface area contributed by atoms with Crippen LogP contribution < -0.4 is 5.32 Å². The lowest BCUT2D eigenvalue weighted by Crippen LogP contribution is -2.43. The molecule has 1 heterocycles. The van der Waals surface area contributed by atoms with Gasteiger partial charge < -0.3 is 10.2 Å². The molecule has 1 aromatic rings. The van der Waals surface area contributed by atoms with Crippen LogP contribution in [0.2, 0.25) is 0 Å². The smallest absolute Gasteiger partial charge is 0.0220 e. The van der Waals surface area contributed by atoms with Gasteiger partial charge in [-0.05, 0) is 50.4 Å². The van der Waals surface area contributed by atoms with E-state index >= 15 is 0 Å². The normalized spacial score (nSPS) is 22.3. The summed E-state index contributed by atoms with van der Waals surface area (Å²) < 4.78 is 1.22. The highest BCUT2D eigenvalue weighted by molar-refractivity contribution is 9.10. The molecule has 1 N–H and O–H groups in total. The average Bonchev–Trinajstić information content (AvgIpc) is 3.23. The van der Waals surface area contributed by atoms with Crippen molar-refractivity contribution in [2.45, 2.75) is 44.3 Å². The number of likely N-dealkylation sites (tertiary alicyclic amines) is 1. The first-order valence-corrected chi connectivity index (χ1v) is 7.83. The Balaban J connectivity index is 1.45. The Morgan fingerprint density at radius 2 is 1.83 bits per heavy atom. The lowest BCUT2D eigenvalue weighted by atomic mass is 10.0. The van der Waals surface area contributed by atoms with Gasteiger partial charge in [-0.2, -0.15) is 0 Å². The predicted molar refractivity (Wildman–Crippen MR) is 78.6 cm³/mol. The Morgan fingerprint density at radius 1 is 1.11 bits per heavy atom. The second-order valence-corrected chi connectivity index (χ2v) is 6.37. The van der Waals surface area contributed by atoms with E-state index in [0.29, 0.717) is 6.04 Å². The number of nitrogens with one attached hydrogen (secondary N) is 1. The first kappa shape index (κ1) is 12.6. The minimum absolute atomic E-state index is 0.701. The van der Waals surface area contributed by atoms with Gasteiger partial charge in [0.15, 0.2) is 0 Å². The fourth-order valence-electron chi connectivity index (χ4n) is 2.80. The van der Waals surface area contributed by atoms with E-state index in [2.05, 4.69) is 50.4 Å². The maximum atomic E-state index is 3.70. The van der Waals surface area contributed by atoms with Gasteiger partial charge in [-0.15, -0.1) is 0 Å². The summed E-state index contributed by atoms with van der Waals surface area (Å²) in [7, 11) is 0. The third-order valence-corrected chi connectivity index (χ3v) is 4.91. The number of piperidine rings is 1. The van der Waals surface area contributed by atoms with Crippen LogP contribution in [0.4, 0.5) is 0 Å². The molecule has 0 radical (unpaired) electrons. The lowest BCUT2D eigenvalue weighted by molar-refractivity contribution is 0.189. The molecule has 0 spiro atoms. The third kappa shape index (κ3) is 3.14. The molecule has 1 aromatic carbocycles. The summed E-state index contributed by atoms with van der Waals surface area (Å²) in [4.78, 5) is 2.68. The van der Waals surface area contributed by atoms with Gasteiger partial charge in [-0.25, -0.2) is 0 Å². The zero-order chi connectivity index (χ0) is 12.4. The zero-order valence-corrected chi connectivity index (χ0v) is 12.3. The Bertz CT molecular complexity index is 395. The third-order valence-electron chi connectivity index (χ3n) is 4.13. The predicted octanol–water partition coefficient (Wildman–Crippen LogP) is 3.17. The zero-order valence-electron chi connectivity index (χ0n) is 10.7.